The molecule has 3 N–H and O–H groups in total. The summed E-state index contributed by atoms with van der Waals surface area (Å²) >= 11 is 0. The fourth-order valence-corrected chi connectivity index (χ4v) is 11.9. The number of carboxylic acid groups (broad SMARTS) is 3. The first-order valence-corrected chi connectivity index (χ1v) is 27.2. The molecule has 0 saturated heterocycles. The third-order valence-corrected chi connectivity index (χ3v) is 15.6. The van der Waals surface area contributed by atoms with Crippen LogP contribution >= 0.6 is 0 Å². The van der Waals surface area contributed by atoms with Crippen LogP contribution in [-0.2, 0) is 78.0 Å². The van der Waals surface area contributed by atoms with Gasteiger partial charge in [-0.2, -0.15) is 28.3 Å². The van der Waals surface area contributed by atoms with E-state index in [0.29, 0.717) is 0 Å². The molecule has 0 fully saturated rings. The summed E-state index contributed by atoms with van der Waals surface area (Å²) in [5.74, 6) is -2.64. The second-order valence-corrected chi connectivity index (χ2v) is 20.0. The monoisotopic (exact) mass is 1090 g/mol. The second kappa shape index (κ2) is 27.4. The molecule has 2 aliphatic rings. The predicted molar refractivity (Wildman–Crippen MR) is 316 cm³/mol. The van der Waals surface area contributed by atoms with Gasteiger partial charge in [0.15, 0.2) is 0 Å². The molecule has 7 heteroatoms. The summed E-state index contributed by atoms with van der Waals surface area (Å²) in [5, 5.41) is 30.6. The third-order valence-electron chi connectivity index (χ3n) is 15.6. The molecule has 0 spiro atoms. The van der Waals surface area contributed by atoms with Gasteiger partial charge in [-0.15, -0.1) is 0 Å². The first-order valence-electron chi connectivity index (χ1n) is 27.2. The molecule has 0 saturated carbocycles. The molecule has 0 aromatic heterocycles. The average molecular weight is 1090 g/mol. The first-order chi connectivity index (χ1) is 38.7. The number of hydrogen-bond acceptors (Lipinski definition) is 3. The van der Waals surface area contributed by atoms with Crippen LogP contribution in [-0.4, -0.2) is 33.2 Å². The third kappa shape index (κ3) is 11.9. The van der Waals surface area contributed by atoms with E-state index in [0.717, 1.165) is 50.1 Å². The minimum Gasteiger partial charge on any atom is -0.480 e. The minimum atomic E-state index is -1.20. The molecular formula is C73H65O6Ti-. The summed E-state index contributed by atoms with van der Waals surface area (Å²) in [6, 6.07) is 86.9. The molecule has 398 valence electrons. The van der Waals surface area contributed by atoms with E-state index in [1.807, 2.05) is 273 Å². The number of benzene rings is 9. The standard InChI is InChI=1S/3C20H16O2.C13H17.Ti/c3*21-19(22)20(16-10-4-1-5-11-16,17-12-6-2-7-13-17)18-14-8-3-9-15-18;1-3-7-12-10(5-1)9-11-6-2-4-8-13(11)12;/h3*1-15H,(H,21,22);9H,1-8H2;/q;;;-1;. The Morgan fingerprint density at radius 2 is 0.412 bits per heavy atom. The van der Waals surface area contributed by atoms with Crippen LogP contribution in [0.5, 0.6) is 0 Å². The Hall–Kier alpha value is -8.55. The Kier molecular flexibility index (Phi) is 19.7. The first kappa shape index (κ1) is 57.6. The topological polar surface area (TPSA) is 112 Å². The SMILES string of the molecule is O=C(O)C(c1ccccc1)(c1ccccc1)c1ccccc1.O=C(O)C(c1ccccc1)(c1ccccc1)c1ccccc1.O=C(O)C(c1ccccc1)(c1ccccc1)c1ccccc1.[Ti].[cH-]1c2c(c3c1CCCC3)CCCC2. The predicted octanol–water partition coefficient (Wildman–Crippen LogP) is 15.5. The Labute approximate surface area is 485 Å². The summed E-state index contributed by atoms with van der Waals surface area (Å²) in [6.45, 7) is 0. The fraction of sp³-hybridized carbons (Fsp3) is 0.151. The molecule has 10 aromatic rings. The average Bonchev–Trinajstić information content (AvgIpc) is 3.92. The van der Waals surface area contributed by atoms with Gasteiger partial charge in [-0.3, -0.25) is 14.4 Å². The van der Waals surface area contributed by atoms with Gasteiger partial charge in [0, 0.05) is 21.7 Å². The number of fused-ring (bicyclic) bond motifs is 3. The van der Waals surface area contributed by atoms with E-state index in [9.17, 15) is 29.7 Å². The number of rotatable bonds is 12. The van der Waals surface area contributed by atoms with Gasteiger partial charge in [0.25, 0.3) is 0 Å². The van der Waals surface area contributed by atoms with Crippen LogP contribution in [0.1, 0.15) is 98.0 Å². The Balaban J connectivity index is 0.000000142. The zero-order chi connectivity index (χ0) is 54.9. The van der Waals surface area contributed by atoms with Gasteiger partial charge in [-0.1, -0.05) is 324 Å². The molecule has 12 rings (SSSR count). The second-order valence-electron chi connectivity index (χ2n) is 20.0. The van der Waals surface area contributed by atoms with E-state index >= 15 is 0 Å². The minimum absolute atomic E-state index is 0. The Morgan fingerprint density at radius 1 is 0.263 bits per heavy atom. The normalized spacial score (nSPS) is 12.6. The van der Waals surface area contributed by atoms with E-state index < -0.39 is 34.2 Å². The van der Waals surface area contributed by atoms with Crippen molar-refractivity contribution >= 4 is 17.9 Å². The maximum Gasteiger partial charge on any atom is 0.323 e. The van der Waals surface area contributed by atoms with Crippen molar-refractivity contribution in [2.24, 2.45) is 0 Å². The van der Waals surface area contributed by atoms with Gasteiger partial charge in [-0.05, 0) is 50.1 Å². The van der Waals surface area contributed by atoms with E-state index in [1.54, 1.807) is 22.3 Å². The fourth-order valence-electron chi connectivity index (χ4n) is 11.9. The van der Waals surface area contributed by atoms with Gasteiger partial charge < -0.3 is 15.3 Å². The van der Waals surface area contributed by atoms with Crippen LogP contribution in [0.2, 0.25) is 0 Å². The van der Waals surface area contributed by atoms with Gasteiger partial charge >= 0.3 is 17.9 Å². The summed E-state index contributed by atoms with van der Waals surface area (Å²) in [7, 11) is 0. The van der Waals surface area contributed by atoms with Crippen LogP contribution in [0.3, 0.4) is 0 Å². The number of aliphatic carboxylic acids is 3. The molecule has 80 heavy (non-hydrogen) atoms. The van der Waals surface area contributed by atoms with Gasteiger partial charge in [0.2, 0.25) is 0 Å². The zero-order valence-corrected chi connectivity index (χ0v) is 46.3. The molecule has 2 aliphatic carbocycles. The summed E-state index contributed by atoms with van der Waals surface area (Å²) < 4.78 is 0. The van der Waals surface area contributed by atoms with E-state index in [2.05, 4.69) is 6.07 Å². The summed E-state index contributed by atoms with van der Waals surface area (Å²) in [5.41, 5.74) is 10.1. The maximum atomic E-state index is 12.4. The molecule has 6 nitrogen and oxygen atoms in total. The van der Waals surface area contributed by atoms with Crippen LogP contribution in [0.4, 0.5) is 0 Å². The van der Waals surface area contributed by atoms with Gasteiger partial charge in [-0.25, -0.2) is 0 Å². The number of carboxylic acids is 3. The van der Waals surface area contributed by atoms with E-state index in [1.165, 1.54) is 51.4 Å². The van der Waals surface area contributed by atoms with Crippen LogP contribution in [0, 0.1) is 0 Å². The smallest absolute Gasteiger partial charge is 0.323 e. The maximum absolute atomic E-state index is 12.4. The van der Waals surface area contributed by atoms with Crippen molar-refractivity contribution in [1.82, 2.24) is 0 Å². The van der Waals surface area contributed by atoms with Crippen LogP contribution in [0.15, 0.2) is 279 Å². The van der Waals surface area contributed by atoms with Crippen molar-refractivity contribution in [3.63, 3.8) is 0 Å². The largest absolute Gasteiger partial charge is 0.480 e. The molecule has 0 radical (unpaired) electrons. The molecule has 0 amide bonds. The molecule has 0 bridgehead atoms. The van der Waals surface area contributed by atoms with Crippen molar-refractivity contribution in [3.05, 3.63) is 351 Å². The van der Waals surface area contributed by atoms with Crippen molar-refractivity contribution < 1.29 is 51.4 Å². The Morgan fingerprint density at radius 3 is 0.562 bits per heavy atom. The van der Waals surface area contributed by atoms with Crippen molar-refractivity contribution in [1.29, 1.82) is 0 Å². The molecular weight excluding hydrogens is 1020 g/mol. The summed E-state index contributed by atoms with van der Waals surface area (Å²) in [4.78, 5) is 37.3. The van der Waals surface area contributed by atoms with Crippen molar-refractivity contribution in [2.45, 2.75) is 67.6 Å². The molecule has 0 atom stereocenters. The molecule has 0 heterocycles. The number of aryl methyl sites for hydroxylation is 2. The zero-order valence-electron chi connectivity index (χ0n) is 44.8. The molecule has 10 aromatic carbocycles. The van der Waals surface area contributed by atoms with Crippen LogP contribution < -0.4 is 0 Å². The van der Waals surface area contributed by atoms with E-state index in [-0.39, 0.29) is 21.7 Å². The Bertz CT molecular complexity index is 2860. The number of hydrogen-bond donors (Lipinski definition) is 3. The van der Waals surface area contributed by atoms with Gasteiger partial charge in [0.1, 0.15) is 16.2 Å². The van der Waals surface area contributed by atoms with Gasteiger partial charge in [0.05, 0.1) is 0 Å². The molecule has 0 aliphatic heterocycles. The molecule has 0 unspecified atom stereocenters. The van der Waals surface area contributed by atoms with Crippen molar-refractivity contribution in [2.75, 3.05) is 0 Å². The quantitative estimate of drug-likeness (QED) is 0.0638. The number of carbonyl (C=O) groups is 3. The summed E-state index contributed by atoms with van der Waals surface area (Å²) in [6.07, 6.45) is 11.2. The van der Waals surface area contributed by atoms with Crippen LogP contribution in [0.25, 0.3) is 0 Å². The van der Waals surface area contributed by atoms with Crippen molar-refractivity contribution in [3.8, 4) is 0 Å². The van der Waals surface area contributed by atoms with E-state index in [4.69, 9.17) is 0 Å².